The van der Waals surface area contributed by atoms with Crippen molar-refractivity contribution in [1.82, 2.24) is 19.1 Å². The van der Waals surface area contributed by atoms with Crippen LogP contribution in [0.4, 0.5) is 0 Å². The van der Waals surface area contributed by atoms with Crippen molar-refractivity contribution >= 4 is 43.9 Å². The molecule has 0 N–H and O–H groups in total. The second kappa shape index (κ2) is 17.2. The van der Waals surface area contributed by atoms with E-state index < -0.39 is 0 Å². The SMILES string of the molecule is CC(C)c1cc(C(C)C)c2c(oc3ccccc32)c1-n1ccnc1-c1[c-]cccc1.CC(C)c1cc(C(C)C)c2c(oc3ccccc32)c1-n1ccnc1-c1ccccc1.[Ir]. The fourth-order valence-corrected chi connectivity index (χ4v) is 8.66. The summed E-state index contributed by atoms with van der Waals surface area (Å²) in [6, 6.07) is 43.1. The van der Waals surface area contributed by atoms with E-state index in [4.69, 9.17) is 13.8 Å². The maximum absolute atomic E-state index is 6.53. The van der Waals surface area contributed by atoms with Crippen molar-refractivity contribution in [2.45, 2.75) is 79.1 Å². The normalized spacial score (nSPS) is 11.7. The van der Waals surface area contributed by atoms with Crippen LogP contribution in [0.1, 0.15) is 101 Å². The summed E-state index contributed by atoms with van der Waals surface area (Å²) >= 11 is 0. The number of aromatic nitrogens is 4. The molecule has 4 aromatic heterocycles. The van der Waals surface area contributed by atoms with Gasteiger partial charge in [-0.2, -0.15) is 0 Å². The Kier molecular flexibility index (Phi) is 11.7. The fraction of sp³-hybridized carbons (Fsp3) is 0.222. The molecule has 6 aromatic carbocycles. The molecule has 7 heteroatoms. The number of para-hydroxylation sites is 2. The molecular weight excluding hydrogens is 929 g/mol. The molecule has 0 atom stereocenters. The minimum absolute atomic E-state index is 0. The van der Waals surface area contributed by atoms with Gasteiger partial charge in [0.2, 0.25) is 0 Å². The largest absolute Gasteiger partial charge is 0.454 e. The van der Waals surface area contributed by atoms with Gasteiger partial charge >= 0.3 is 0 Å². The summed E-state index contributed by atoms with van der Waals surface area (Å²) in [5, 5.41) is 4.76. The summed E-state index contributed by atoms with van der Waals surface area (Å²) in [4.78, 5) is 9.37. The van der Waals surface area contributed by atoms with Crippen LogP contribution < -0.4 is 0 Å². The molecular formula is C54H51IrN4O2-. The Morgan fingerprint density at radius 2 is 0.934 bits per heavy atom. The van der Waals surface area contributed by atoms with Gasteiger partial charge in [0.1, 0.15) is 17.0 Å². The molecule has 0 aliphatic rings. The van der Waals surface area contributed by atoms with Gasteiger partial charge in [-0.1, -0.05) is 134 Å². The maximum Gasteiger partial charge on any atom is 0.160 e. The first-order valence-electron chi connectivity index (χ1n) is 21.2. The van der Waals surface area contributed by atoms with Crippen molar-refractivity contribution < 1.29 is 28.9 Å². The van der Waals surface area contributed by atoms with E-state index in [-0.39, 0.29) is 20.1 Å². The number of fused-ring (bicyclic) bond motifs is 6. The van der Waals surface area contributed by atoms with Crippen LogP contribution in [0.5, 0.6) is 0 Å². The van der Waals surface area contributed by atoms with Crippen molar-refractivity contribution in [2.75, 3.05) is 0 Å². The topological polar surface area (TPSA) is 61.9 Å². The van der Waals surface area contributed by atoms with Crippen LogP contribution in [-0.4, -0.2) is 19.1 Å². The molecule has 0 aliphatic carbocycles. The van der Waals surface area contributed by atoms with Crippen molar-refractivity contribution in [3.8, 4) is 34.2 Å². The average molecular weight is 980 g/mol. The summed E-state index contributed by atoms with van der Waals surface area (Å²) < 4.78 is 17.4. The van der Waals surface area contributed by atoms with Gasteiger partial charge in [0, 0.05) is 72.0 Å². The Morgan fingerprint density at radius 3 is 1.41 bits per heavy atom. The van der Waals surface area contributed by atoms with E-state index >= 15 is 0 Å². The summed E-state index contributed by atoms with van der Waals surface area (Å²) in [7, 11) is 0. The molecule has 1 radical (unpaired) electrons. The number of rotatable bonds is 8. The average Bonchev–Trinajstić information content (AvgIpc) is 4.08. The van der Waals surface area contributed by atoms with Gasteiger partial charge in [-0.05, 0) is 58.1 Å². The number of hydrogen-bond acceptors (Lipinski definition) is 4. The molecule has 0 aliphatic heterocycles. The van der Waals surface area contributed by atoms with Gasteiger partial charge < -0.3 is 13.4 Å². The van der Waals surface area contributed by atoms with E-state index in [0.717, 1.165) is 56.5 Å². The quantitative estimate of drug-likeness (QED) is 0.142. The summed E-state index contributed by atoms with van der Waals surface area (Å²) in [5.74, 6) is 3.28. The van der Waals surface area contributed by atoms with Gasteiger partial charge in [-0.25, -0.2) is 4.98 Å². The van der Waals surface area contributed by atoms with E-state index in [0.29, 0.717) is 23.7 Å². The van der Waals surface area contributed by atoms with Crippen LogP contribution in [0.15, 0.2) is 149 Å². The molecule has 0 saturated carbocycles. The minimum Gasteiger partial charge on any atom is -0.454 e. The number of furan rings is 2. The summed E-state index contributed by atoms with van der Waals surface area (Å²) in [6.07, 6.45) is 7.80. The van der Waals surface area contributed by atoms with Crippen LogP contribution in [0.2, 0.25) is 0 Å². The third kappa shape index (κ3) is 7.45. The molecule has 6 nitrogen and oxygen atoms in total. The van der Waals surface area contributed by atoms with Gasteiger partial charge in [0.25, 0.3) is 0 Å². The molecule has 0 amide bonds. The fourth-order valence-electron chi connectivity index (χ4n) is 8.66. The van der Waals surface area contributed by atoms with Crippen molar-refractivity contribution in [3.05, 3.63) is 168 Å². The van der Waals surface area contributed by atoms with Crippen LogP contribution >= 0.6 is 0 Å². The smallest absolute Gasteiger partial charge is 0.160 e. The predicted octanol–water partition coefficient (Wildman–Crippen LogP) is 15.2. The molecule has 0 fully saturated rings. The van der Waals surface area contributed by atoms with Crippen LogP contribution in [-0.2, 0) is 20.1 Å². The first kappa shape index (κ1) is 41.7. The van der Waals surface area contributed by atoms with Gasteiger partial charge in [-0.15, -0.1) is 35.9 Å². The molecule has 0 spiro atoms. The number of nitrogens with zero attached hydrogens (tertiary/aromatic N) is 4. The Labute approximate surface area is 371 Å². The maximum atomic E-state index is 6.53. The predicted molar refractivity (Wildman–Crippen MR) is 248 cm³/mol. The van der Waals surface area contributed by atoms with Crippen molar-refractivity contribution in [1.29, 1.82) is 0 Å². The Morgan fingerprint density at radius 1 is 0.492 bits per heavy atom. The first-order chi connectivity index (χ1) is 29.1. The van der Waals surface area contributed by atoms with Gasteiger partial charge in [0.15, 0.2) is 11.2 Å². The Hall–Kier alpha value is -6.01. The van der Waals surface area contributed by atoms with Crippen LogP contribution in [0.3, 0.4) is 0 Å². The summed E-state index contributed by atoms with van der Waals surface area (Å²) in [5.41, 5.74) is 13.2. The number of hydrogen-bond donors (Lipinski definition) is 0. The molecule has 0 bridgehead atoms. The Bertz CT molecular complexity index is 2900. The molecule has 0 unspecified atom stereocenters. The second-order valence-corrected chi connectivity index (χ2v) is 16.9. The monoisotopic (exact) mass is 980 g/mol. The standard InChI is InChI=1S/C27H26N2O.C27H25N2O.Ir/c2*1-17(2)21-16-22(18(3)4)25(26-24(21)20-12-8-9-13-23(20)30-26)29-15-14-28-27(29)19-10-6-5-7-11-19;/h5-18H,1-4H3;5-10,12-18H,1-4H3;/q;-1;. The van der Waals surface area contributed by atoms with E-state index in [2.05, 4.69) is 148 Å². The van der Waals surface area contributed by atoms with Crippen LogP contribution in [0, 0.1) is 6.07 Å². The molecule has 10 rings (SSSR count). The van der Waals surface area contributed by atoms with Crippen LogP contribution in [0.25, 0.3) is 78.0 Å². The zero-order valence-corrected chi connectivity index (χ0v) is 38.4. The van der Waals surface area contributed by atoms with E-state index in [1.54, 1.807) is 0 Å². The zero-order chi connectivity index (χ0) is 41.7. The number of benzene rings is 6. The van der Waals surface area contributed by atoms with E-state index in [9.17, 15) is 0 Å². The molecule has 309 valence electrons. The molecule has 4 heterocycles. The van der Waals surface area contributed by atoms with Crippen molar-refractivity contribution in [2.24, 2.45) is 0 Å². The van der Waals surface area contributed by atoms with E-state index in [1.807, 2.05) is 67.3 Å². The zero-order valence-electron chi connectivity index (χ0n) is 36.0. The van der Waals surface area contributed by atoms with E-state index in [1.165, 1.54) is 43.8 Å². The van der Waals surface area contributed by atoms with Crippen molar-refractivity contribution in [3.63, 3.8) is 0 Å². The summed E-state index contributed by atoms with van der Waals surface area (Å²) in [6.45, 7) is 18.0. The molecule has 61 heavy (non-hydrogen) atoms. The number of imidazole rings is 2. The Balaban J connectivity index is 0.000000166. The molecule has 0 saturated heterocycles. The van der Waals surface area contributed by atoms with Gasteiger partial charge in [0.05, 0.1) is 17.2 Å². The first-order valence-corrected chi connectivity index (χ1v) is 21.2. The third-order valence-electron chi connectivity index (χ3n) is 11.6. The third-order valence-corrected chi connectivity index (χ3v) is 11.6. The second-order valence-electron chi connectivity index (χ2n) is 16.9. The minimum atomic E-state index is 0. The molecule has 10 aromatic rings. The van der Waals surface area contributed by atoms with Gasteiger partial charge in [-0.3, -0.25) is 9.55 Å².